The molecule has 238 valence electrons. The molecule has 2 amide bonds. The highest BCUT2D eigenvalue weighted by atomic mass is 32.1. The topological polar surface area (TPSA) is 128 Å². The van der Waals surface area contributed by atoms with Crippen LogP contribution in [0.25, 0.3) is 0 Å². The lowest BCUT2D eigenvalue weighted by Gasteiger charge is -2.25. The predicted octanol–water partition coefficient (Wildman–Crippen LogP) is 4.79. The molecule has 1 unspecified atom stereocenters. The van der Waals surface area contributed by atoms with Crippen LogP contribution in [0.2, 0.25) is 0 Å². The Morgan fingerprint density at radius 2 is 1.69 bits per heavy atom. The molecule has 45 heavy (non-hydrogen) atoms. The normalized spacial score (nSPS) is 13.3. The highest BCUT2D eigenvalue weighted by molar-refractivity contribution is 7.09. The molecule has 0 aliphatic carbocycles. The van der Waals surface area contributed by atoms with Crippen LogP contribution < -0.4 is 10.6 Å². The van der Waals surface area contributed by atoms with Gasteiger partial charge < -0.3 is 25.7 Å². The average Bonchev–Trinajstić information content (AvgIpc) is 3.44. The summed E-state index contributed by atoms with van der Waals surface area (Å²) in [6, 6.07) is 15.9. The summed E-state index contributed by atoms with van der Waals surface area (Å²) in [6.45, 7) is 8.81. The number of aliphatic hydroxyl groups excluding tert-OH is 2. The van der Waals surface area contributed by atoms with Crippen molar-refractivity contribution in [1.82, 2.24) is 25.5 Å². The van der Waals surface area contributed by atoms with Gasteiger partial charge in [0.15, 0.2) is 0 Å². The third-order valence-corrected chi connectivity index (χ3v) is 8.53. The van der Waals surface area contributed by atoms with E-state index in [1.807, 2.05) is 48.8 Å². The number of rotatable bonds is 14. The molecule has 0 bridgehead atoms. The number of hydrogen-bond donors (Lipinski definition) is 4. The lowest BCUT2D eigenvalue weighted by molar-refractivity contribution is 0.0784. The van der Waals surface area contributed by atoms with Crippen molar-refractivity contribution in [1.29, 1.82) is 0 Å². The number of nitrogens with one attached hydrogen (secondary N) is 2. The second-order valence-electron chi connectivity index (χ2n) is 11.8. The lowest BCUT2D eigenvalue weighted by Crippen LogP contribution is -2.48. The van der Waals surface area contributed by atoms with Crippen molar-refractivity contribution in [3.63, 3.8) is 0 Å². The van der Waals surface area contributed by atoms with Crippen molar-refractivity contribution >= 4 is 23.2 Å². The van der Waals surface area contributed by atoms with Gasteiger partial charge in [-0.3, -0.25) is 14.6 Å². The van der Waals surface area contributed by atoms with Crippen LogP contribution in [-0.2, 0) is 19.5 Å². The molecule has 2 heterocycles. The van der Waals surface area contributed by atoms with Gasteiger partial charge >= 0.3 is 0 Å². The Kier molecular flexibility index (Phi) is 12.0. The zero-order chi connectivity index (χ0) is 32.5. The summed E-state index contributed by atoms with van der Waals surface area (Å²) >= 11 is 1.48. The maximum atomic E-state index is 13.7. The highest BCUT2D eigenvalue weighted by Crippen LogP contribution is 2.21. The standard InChI is InChI=1S/C35H43N5O4S/c1-22(2)30-11-26(16-36-18-30)17-37-19-32(42)31(12-25-9-7-6-8-10-25)39-34(43)28-13-27(24(4)41)14-29(15-28)35(44)40(5)20-33-38-23(3)21-45-33/h6-11,13-16,18,21-22,24,31-32,37,41-42H,12,17,19-20H2,1-5H3,(H,39,43)/t24?,31-,32+/m0/s1. The molecule has 2 aromatic heterocycles. The van der Waals surface area contributed by atoms with Crippen LogP contribution in [0, 0.1) is 6.92 Å². The third kappa shape index (κ3) is 9.76. The molecule has 10 heteroatoms. The lowest BCUT2D eigenvalue weighted by atomic mass is 9.98. The van der Waals surface area contributed by atoms with E-state index in [9.17, 15) is 19.8 Å². The van der Waals surface area contributed by atoms with E-state index in [2.05, 4.69) is 40.5 Å². The number of carbonyl (C=O) groups is 2. The van der Waals surface area contributed by atoms with E-state index in [0.29, 0.717) is 31.0 Å². The molecule has 3 atom stereocenters. The van der Waals surface area contributed by atoms with Crippen molar-refractivity contribution in [2.45, 2.75) is 71.4 Å². The summed E-state index contributed by atoms with van der Waals surface area (Å²) in [6.07, 6.45) is 2.26. The van der Waals surface area contributed by atoms with Gasteiger partial charge in [0.2, 0.25) is 0 Å². The fourth-order valence-corrected chi connectivity index (χ4v) is 5.77. The maximum Gasteiger partial charge on any atom is 0.254 e. The Hall–Kier alpha value is -3.96. The summed E-state index contributed by atoms with van der Waals surface area (Å²) in [7, 11) is 1.68. The molecular weight excluding hydrogens is 586 g/mol. The molecule has 4 N–H and O–H groups in total. The Morgan fingerprint density at radius 1 is 0.956 bits per heavy atom. The number of thiazole rings is 1. The van der Waals surface area contributed by atoms with Crippen LogP contribution in [-0.4, -0.2) is 62.6 Å². The zero-order valence-electron chi connectivity index (χ0n) is 26.5. The fourth-order valence-electron chi connectivity index (χ4n) is 4.95. The number of hydrogen-bond acceptors (Lipinski definition) is 8. The number of benzene rings is 2. The van der Waals surface area contributed by atoms with Gasteiger partial charge in [-0.25, -0.2) is 4.98 Å². The number of nitrogens with zero attached hydrogens (tertiary/aromatic N) is 3. The average molecular weight is 630 g/mol. The molecule has 0 spiro atoms. The number of amides is 2. The summed E-state index contributed by atoms with van der Waals surface area (Å²) < 4.78 is 0. The molecule has 2 aromatic carbocycles. The van der Waals surface area contributed by atoms with Gasteiger partial charge in [0.1, 0.15) is 5.01 Å². The minimum absolute atomic E-state index is 0.227. The van der Waals surface area contributed by atoms with Crippen LogP contribution >= 0.6 is 11.3 Å². The monoisotopic (exact) mass is 629 g/mol. The highest BCUT2D eigenvalue weighted by Gasteiger charge is 2.24. The molecule has 4 rings (SSSR count). The van der Waals surface area contributed by atoms with E-state index in [1.54, 1.807) is 37.2 Å². The Labute approximate surface area is 269 Å². The smallest absolute Gasteiger partial charge is 0.254 e. The Bertz CT molecular complexity index is 1570. The van der Waals surface area contributed by atoms with Crippen molar-refractivity contribution in [2.75, 3.05) is 13.6 Å². The predicted molar refractivity (Wildman–Crippen MR) is 177 cm³/mol. The number of aromatic nitrogens is 2. The van der Waals surface area contributed by atoms with E-state index in [-0.39, 0.29) is 23.6 Å². The Morgan fingerprint density at radius 3 is 2.36 bits per heavy atom. The number of aliphatic hydroxyl groups is 2. The van der Waals surface area contributed by atoms with Crippen molar-refractivity contribution in [3.8, 4) is 0 Å². The minimum atomic E-state index is -0.913. The SMILES string of the molecule is Cc1csc(CN(C)C(=O)c2cc(C(=O)N[C@@H](Cc3ccccc3)[C@H](O)CNCc3cncc(C(C)C)c3)cc(C(C)O)c2)n1. The number of aryl methyl sites for hydroxylation is 1. The molecular formula is C35H43N5O4S. The number of pyridine rings is 1. The molecule has 0 fully saturated rings. The molecule has 0 saturated heterocycles. The third-order valence-electron chi connectivity index (χ3n) is 7.58. The maximum absolute atomic E-state index is 13.7. The van der Waals surface area contributed by atoms with E-state index in [4.69, 9.17) is 0 Å². The second-order valence-corrected chi connectivity index (χ2v) is 12.8. The first-order valence-electron chi connectivity index (χ1n) is 15.2. The summed E-state index contributed by atoms with van der Waals surface area (Å²) in [4.78, 5) is 37.4. The van der Waals surface area contributed by atoms with Gasteiger partial charge in [0, 0.05) is 54.7 Å². The van der Waals surface area contributed by atoms with E-state index in [1.165, 1.54) is 17.4 Å². The second kappa shape index (κ2) is 15.9. The first-order chi connectivity index (χ1) is 21.5. The first kappa shape index (κ1) is 33.9. The minimum Gasteiger partial charge on any atom is -0.390 e. The summed E-state index contributed by atoms with van der Waals surface area (Å²) in [5.74, 6) is -0.377. The van der Waals surface area contributed by atoms with E-state index >= 15 is 0 Å². The van der Waals surface area contributed by atoms with E-state index < -0.39 is 24.2 Å². The van der Waals surface area contributed by atoms with Crippen molar-refractivity contribution < 1.29 is 19.8 Å². The molecule has 4 aromatic rings. The van der Waals surface area contributed by atoms with Gasteiger partial charge in [0.05, 0.1) is 24.8 Å². The molecule has 9 nitrogen and oxygen atoms in total. The van der Waals surface area contributed by atoms with Crippen molar-refractivity contribution in [3.05, 3.63) is 116 Å². The quantitative estimate of drug-likeness (QED) is 0.158. The van der Waals surface area contributed by atoms with E-state index in [0.717, 1.165) is 27.4 Å². The first-order valence-corrected chi connectivity index (χ1v) is 16.0. The zero-order valence-corrected chi connectivity index (χ0v) is 27.3. The van der Waals surface area contributed by atoms with Crippen LogP contribution in [0.3, 0.4) is 0 Å². The molecule has 0 radical (unpaired) electrons. The summed E-state index contributed by atoms with van der Waals surface area (Å²) in [5, 5.41) is 30.7. The van der Waals surface area contributed by atoms with Crippen LogP contribution in [0.15, 0.2) is 72.4 Å². The van der Waals surface area contributed by atoms with Gasteiger partial charge in [-0.15, -0.1) is 11.3 Å². The van der Waals surface area contributed by atoms with Crippen LogP contribution in [0.5, 0.6) is 0 Å². The number of carbonyl (C=O) groups excluding carboxylic acids is 2. The molecule has 0 aliphatic heterocycles. The van der Waals surface area contributed by atoms with Crippen molar-refractivity contribution in [2.24, 2.45) is 0 Å². The van der Waals surface area contributed by atoms with Gasteiger partial charge in [-0.05, 0) is 66.6 Å². The van der Waals surface area contributed by atoms with Gasteiger partial charge in [0.25, 0.3) is 11.8 Å². The van der Waals surface area contributed by atoms with Gasteiger partial charge in [-0.1, -0.05) is 50.2 Å². The fraction of sp³-hybridized carbons (Fsp3) is 0.371. The Balaban J connectivity index is 1.51. The molecule has 0 aliphatic rings. The largest absolute Gasteiger partial charge is 0.390 e. The summed E-state index contributed by atoms with van der Waals surface area (Å²) in [5.41, 5.74) is 4.97. The molecule has 0 saturated carbocycles. The van der Waals surface area contributed by atoms with Crippen LogP contribution in [0.4, 0.5) is 0 Å². The van der Waals surface area contributed by atoms with Gasteiger partial charge in [-0.2, -0.15) is 0 Å². The van der Waals surface area contributed by atoms with Crippen LogP contribution in [0.1, 0.15) is 86.5 Å².